The van der Waals surface area contributed by atoms with Gasteiger partial charge in [-0.3, -0.25) is 0 Å². The van der Waals surface area contributed by atoms with Crippen molar-refractivity contribution in [3.8, 4) is 5.75 Å². The van der Waals surface area contributed by atoms with Crippen molar-refractivity contribution in [2.24, 2.45) is 0 Å². The summed E-state index contributed by atoms with van der Waals surface area (Å²) in [5, 5.41) is 20.2. The zero-order valence-electron chi connectivity index (χ0n) is 9.10. The lowest BCUT2D eigenvalue weighted by Crippen LogP contribution is -2.31. The lowest BCUT2D eigenvalue weighted by atomic mass is 10.1. The normalized spacial score (nSPS) is 12.1. The summed E-state index contributed by atoms with van der Waals surface area (Å²) in [7, 11) is 0. The van der Waals surface area contributed by atoms with E-state index in [2.05, 4.69) is 5.32 Å². The summed E-state index contributed by atoms with van der Waals surface area (Å²) in [4.78, 5) is 10.4. The number of amides is 1. The molecule has 1 aromatic rings. The molecule has 0 fully saturated rings. The van der Waals surface area contributed by atoms with E-state index in [1.54, 1.807) is 19.1 Å². The number of phenols is 1. The van der Waals surface area contributed by atoms with Gasteiger partial charge in [-0.1, -0.05) is 6.07 Å². The van der Waals surface area contributed by atoms with Gasteiger partial charge in [0.05, 0.1) is 5.69 Å². The fraction of sp³-hybridized carbons (Fsp3) is 0.364. The second kappa shape index (κ2) is 5.25. The summed E-state index contributed by atoms with van der Waals surface area (Å²) >= 11 is 0. The first-order valence-corrected chi connectivity index (χ1v) is 5.06. The molecule has 0 aliphatic rings. The Morgan fingerprint density at radius 1 is 1.56 bits per heavy atom. The van der Waals surface area contributed by atoms with E-state index >= 15 is 0 Å². The van der Waals surface area contributed by atoms with Crippen LogP contribution in [0.3, 0.4) is 0 Å². The number of rotatable bonds is 4. The number of aryl methyl sites for hydroxylation is 1. The lowest BCUT2D eigenvalue weighted by Gasteiger charge is -2.11. The smallest absolute Gasteiger partial charge is 0.404 e. The van der Waals surface area contributed by atoms with Crippen LogP contribution < -0.4 is 11.1 Å². The maximum absolute atomic E-state index is 10.4. The van der Waals surface area contributed by atoms with Gasteiger partial charge in [-0.2, -0.15) is 0 Å². The van der Waals surface area contributed by atoms with Gasteiger partial charge in [0.1, 0.15) is 5.75 Å². The van der Waals surface area contributed by atoms with Crippen LogP contribution in [-0.4, -0.2) is 22.3 Å². The molecular weight excluding hydrogens is 208 g/mol. The van der Waals surface area contributed by atoms with Crippen LogP contribution in [0, 0.1) is 0 Å². The first-order chi connectivity index (χ1) is 7.49. The van der Waals surface area contributed by atoms with Crippen molar-refractivity contribution in [3.05, 3.63) is 23.8 Å². The number of hydrogen-bond acceptors (Lipinski definition) is 3. The van der Waals surface area contributed by atoms with Gasteiger partial charge in [0.25, 0.3) is 0 Å². The maximum atomic E-state index is 10.4. The Hall–Kier alpha value is -1.91. The molecule has 0 aromatic heterocycles. The highest BCUT2D eigenvalue weighted by Crippen LogP contribution is 2.21. The Morgan fingerprint density at radius 2 is 2.25 bits per heavy atom. The first kappa shape index (κ1) is 12.2. The van der Waals surface area contributed by atoms with E-state index in [0.717, 1.165) is 5.56 Å². The average molecular weight is 224 g/mol. The highest BCUT2D eigenvalue weighted by molar-refractivity contribution is 5.64. The Bertz CT molecular complexity index is 379. The third-order valence-electron chi connectivity index (χ3n) is 2.33. The zero-order chi connectivity index (χ0) is 12.1. The second-order valence-electron chi connectivity index (χ2n) is 3.78. The fourth-order valence-electron chi connectivity index (χ4n) is 1.41. The van der Waals surface area contributed by atoms with Crippen LogP contribution in [0.1, 0.15) is 18.9 Å². The maximum Gasteiger partial charge on any atom is 0.404 e. The van der Waals surface area contributed by atoms with Crippen molar-refractivity contribution >= 4 is 11.8 Å². The molecule has 0 saturated carbocycles. The zero-order valence-corrected chi connectivity index (χ0v) is 9.10. The molecule has 5 nitrogen and oxygen atoms in total. The van der Waals surface area contributed by atoms with Gasteiger partial charge < -0.3 is 21.3 Å². The van der Waals surface area contributed by atoms with E-state index in [-0.39, 0.29) is 11.8 Å². The summed E-state index contributed by atoms with van der Waals surface area (Å²) in [6.45, 7) is 1.80. The molecule has 1 rings (SSSR count). The van der Waals surface area contributed by atoms with Crippen molar-refractivity contribution in [3.63, 3.8) is 0 Å². The molecule has 0 saturated heterocycles. The Labute approximate surface area is 93.9 Å². The molecule has 1 aromatic carbocycles. The number of nitrogens with two attached hydrogens (primary N) is 1. The fourth-order valence-corrected chi connectivity index (χ4v) is 1.41. The highest BCUT2D eigenvalue weighted by Gasteiger charge is 2.06. The third-order valence-corrected chi connectivity index (χ3v) is 2.33. The van der Waals surface area contributed by atoms with Crippen molar-refractivity contribution in [1.82, 2.24) is 5.32 Å². The van der Waals surface area contributed by atoms with Crippen molar-refractivity contribution in [1.29, 1.82) is 0 Å². The number of phenolic OH excluding ortho intramolecular Hbond substituents is 1. The Morgan fingerprint density at radius 3 is 2.81 bits per heavy atom. The number of aromatic hydroxyl groups is 1. The third kappa shape index (κ3) is 3.68. The topological polar surface area (TPSA) is 95.6 Å². The highest BCUT2D eigenvalue weighted by atomic mass is 16.4. The molecule has 0 spiro atoms. The van der Waals surface area contributed by atoms with Gasteiger partial charge in [0, 0.05) is 6.04 Å². The molecule has 0 bridgehead atoms. The lowest BCUT2D eigenvalue weighted by molar-refractivity contribution is 0.190. The van der Waals surface area contributed by atoms with Crippen LogP contribution in [0.5, 0.6) is 5.75 Å². The van der Waals surface area contributed by atoms with Gasteiger partial charge in [-0.15, -0.1) is 0 Å². The van der Waals surface area contributed by atoms with E-state index < -0.39 is 6.09 Å². The summed E-state index contributed by atoms with van der Waals surface area (Å²) in [6.07, 6.45) is 0.345. The van der Waals surface area contributed by atoms with E-state index in [0.29, 0.717) is 18.5 Å². The molecule has 1 unspecified atom stereocenters. The number of hydrogen-bond donors (Lipinski definition) is 4. The molecule has 5 heteroatoms. The monoisotopic (exact) mass is 224 g/mol. The largest absolute Gasteiger partial charge is 0.506 e. The quantitative estimate of drug-likeness (QED) is 0.461. The summed E-state index contributed by atoms with van der Waals surface area (Å²) in [6, 6.07) is 4.95. The number of benzene rings is 1. The van der Waals surface area contributed by atoms with E-state index in [1.807, 2.05) is 6.07 Å². The number of carbonyl (C=O) groups is 1. The van der Waals surface area contributed by atoms with E-state index in [1.165, 1.54) is 0 Å². The van der Waals surface area contributed by atoms with Crippen LogP contribution in [0.25, 0.3) is 0 Å². The number of carboxylic acid groups (broad SMARTS) is 1. The van der Waals surface area contributed by atoms with Gasteiger partial charge >= 0.3 is 6.09 Å². The van der Waals surface area contributed by atoms with Crippen LogP contribution in [0.2, 0.25) is 0 Å². The molecule has 5 N–H and O–H groups in total. The van der Waals surface area contributed by atoms with Crippen molar-refractivity contribution in [2.75, 3.05) is 5.73 Å². The minimum Gasteiger partial charge on any atom is -0.506 e. The average Bonchev–Trinajstić information content (AvgIpc) is 2.19. The summed E-state index contributed by atoms with van der Waals surface area (Å²) < 4.78 is 0. The second-order valence-corrected chi connectivity index (χ2v) is 3.78. The number of anilines is 1. The molecule has 0 aliphatic heterocycles. The van der Waals surface area contributed by atoms with Crippen LogP contribution >= 0.6 is 0 Å². The van der Waals surface area contributed by atoms with Gasteiger partial charge in [0.2, 0.25) is 0 Å². The van der Waals surface area contributed by atoms with Gasteiger partial charge in [0.15, 0.2) is 0 Å². The van der Waals surface area contributed by atoms with Crippen molar-refractivity contribution < 1.29 is 15.0 Å². The predicted octanol–water partition coefficient (Wildman–Crippen LogP) is 1.56. The molecule has 0 aliphatic carbocycles. The first-order valence-electron chi connectivity index (χ1n) is 5.06. The van der Waals surface area contributed by atoms with E-state index in [9.17, 15) is 9.90 Å². The van der Waals surface area contributed by atoms with Gasteiger partial charge in [-0.25, -0.2) is 4.79 Å². The molecule has 1 atom stereocenters. The molecular formula is C11H16N2O3. The van der Waals surface area contributed by atoms with E-state index in [4.69, 9.17) is 10.8 Å². The Balaban J connectivity index is 2.48. The molecule has 1 amide bonds. The summed E-state index contributed by atoms with van der Waals surface area (Å²) in [5.41, 5.74) is 6.75. The molecule has 88 valence electrons. The van der Waals surface area contributed by atoms with Crippen LogP contribution in [0.15, 0.2) is 18.2 Å². The molecule has 0 heterocycles. The van der Waals surface area contributed by atoms with Crippen LogP contribution in [0.4, 0.5) is 10.5 Å². The molecule has 0 radical (unpaired) electrons. The molecule has 16 heavy (non-hydrogen) atoms. The van der Waals surface area contributed by atoms with Crippen LogP contribution in [-0.2, 0) is 6.42 Å². The minimum absolute atomic E-state index is 0.0661. The summed E-state index contributed by atoms with van der Waals surface area (Å²) in [5.74, 6) is 0.0661. The van der Waals surface area contributed by atoms with Gasteiger partial charge in [-0.05, 0) is 37.5 Å². The number of nitrogen functional groups attached to an aromatic ring is 1. The predicted molar refractivity (Wildman–Crippen MR) is 61.5 cm³/mol. The number of nitrogens with one attached hydrogen (secondary N) is 1. The Kier molecular flexibility index (Phi) is 3.99. The standard InChI is InChI=1S/C11H16N2O3/c1-7(13-11(15)16)2-3-8-4-5-9(12)10(14)6-8/h4-7,13-14H,2-3,12H2,1H3,(H,15,16). The minimum atomic E-state index is -1.02. The SMILES string of the molecule is CC(CCc1ccc(N)c(O)c1)NC(=O)O. The van der Waals surface area contributed by atoms with Crippen molar-refractivity contribution in [2.45, 2.75) is 25.8 Å².